The number of rotatable bonds is 4. The highest BCUT2D eigenvalue weighted by molar-refractivity contribution is 5.79. The van der Waals surface area contributed by atoms with E-state index in [0.29, 0.717) is 12.5 Å². The van der Waals surface area contributed by atoms with Gasteiger partial charge in [0.05, 0.1) is 12.1 Å². The zero-order valence-corrected chi connectivity index (χ0v) is 14.0. The number of piperidine rings is 1. The molecule has 128 valence electrons. The molecule has 1 aromatic carbocycles. The molecule has 1 aliphatic rings. The molecule has 2 aromatic heterocycles. The summed E-state index contributed by atoms with van der Waals surface area (Å²) in [4.78, 5) is 18.7. The number of hydrogen-bond acceptors (Lipinski definition) is 4. The largest absolute Gasteiger partial charge is 0.379 e. The average molecular weight is 335 g/mol. The van der Waals surface area contributed by atoms with E-state index >= 15 is 0 Å². The van der Waals surface area contributed by atoms with Gasteiger partial charge in [-0.1, -0.05) is 30.3 Å². The first kappa shape index (κ1) is 15.6. The minimum absolute atomic E-state index is 0.212. The van der Waals surface area contributed by atoms with Crippen LogP contribution in [0.5, 0.6) is 0 Å². The Labute approximate surface area is 146 Å². The number of amides is 1. The molecular weight excluding hydrogens is 314 g/mol. The van der Waals surface area contributed by atoms with Gasteiger partial charge in [0.15, 0.2) is 5.65 Å². The number of nitrogens with zero attached hydrogens (tertiary/aromatic N) is 4. The number of aromatic nitrogens is 3. The predicted octanol–water partition coefficient (Wildman–Crippen LogP) is 2.37. The molecule has 1 amide bonds. The van der Waals surface area contributed by atoms with Crippen LogP contribution in [-0.2, 0) is 11.2 Å². The van der Waals surface area contributed by atoms with Crippen LogP contribution in [0.15, 0.2) is 55.0 Å². The summed E-state index contributed by atoms with van der Waals surface area (Å²) in [5.74, 6) is 0.212. The maximum atomic E-state index is 12.5. The summed E-state index contributed by atoms with van der Waals surface area (Å²) in [6, 6.07) is 14.3. The summed E-state index contributed by atoms with van der Waals surface area (Å²) in [6.07, 6.45) is 5.81. The first-order chi connectivity index (χ1) is 12.3. The van der Waals surface area contributed by atoms with Gasteiger partial charge in [-0.2, -0.15) is 5.10 Å². The van der Waals surface area contributed by atoms with Crippen molar-refractivity contribution in [2.75, 3.05) is 18.4 Å². The average Bonchev–Trinajstić information content (AvgIpc) is 3.13. The molecule has 1 aliphatic heterocycles. The van der Waals surface area contributed by atoms with Crippen LogP contribution in [0.4, 0.5) is 5.69 Å². The van der Waals surface area contributed by atoms with Crippen molar-refractivity contribution in [3.8, 4) is 0 Å². The standard InChI is InChI=1S/C19H21N5O/c25-18(13-15-5-2-1-3-6-15)23-11-8-16(9-12-23)22-17-7-4-10-24-19(17)20-14-21-24/h1-7,10,14,16,22H,8-9,11-13H2. The molecule has 0 unspecified atom stereocenters. The van der Waals surface area contributed by atoms with Crippen LogP contribution in [0, 0.1) is 0 Å². The van der Waals surface area contributed by atoms with Crippen molar-refractivity contribution in [2.45, 2.75) is 25.3 Å². The van der Waals surface area contributed by atoms with E-state index in [4.69, 9.17) is 0 Å². The summed E-state index contributed by atoms with van der Waals surface area (Å²) in [6.45, 7) is 1.58. The third-order valence-electron chi connectivity index (χ3n) is 4.71. The van der Waals surface area contributed by atoms with Crippen molar-refractivity contribution >= 4 is 17.2 Å². The summed E-state index contributed by atoms with van der Waals surface area (Å²) in [5.41, 5.74) is 2.91. The third kappa shape index (κ3) is 3.47. The lowest BCUT2D eigenvalue weighted by Gasteiger charge is -2.33. The van der Waals surface area contributed by atoms with Gasteiger partial charge in [0.25, 0.3) is 0 Å². The van der Waals surface area contributed by atoms with E-state index in [1.807, 2.05) is 53.6 Å². The SMILES string of the molecule is O=C(Cc1ccccc1)N1CCC(Nc2cccn3ncnc23)CC1. The minimum Gasteiger partial charge on any atom is -0.379 e. The van der Waals surface area contributed by atoms with E-state index in [2.05, 4.69) is 15.4 Å². The fourth-order valence-corrected chi connectivity index (χ4v) is 3.34. The quantitative estimate of drug-likeness (QED) is 0.795. The van der Waals surface area contributed by atoms with Gasteiger partial charge in [-0.3, -0.25) is 4.79 Å². The number of nitrogens with one attached hydrogen (secondary N) is 1. The fraction of sp³-hybridized carbons (Fsp3) is 0.316. The van der Waals surface area contributed by atoms with Crippen LogP contribution in [-0.4, -0.2) is 44.5 Å². The highest BCUT2D eigenvalue weighted by Crippen LogP contribution is 2.20. The lowest BCUT2D eigenvalue weighted by atomic mass is 10.0. The zero-order valence-electron chi connectivity index (χ0n) is 14.0. The number of carbonyl (C=O) groups excluding carboxylic acids is 1. The number of fused-ring (bicyclic) bond motifs is 1. The van der Waals surface area contributed by atoms with Crippen LogP contribution in [0.2, 0.25) is 0 Å². The molecule has 0 bridgehead atoms. The zero-order chi connectivity index (χ0) is 17.1. The Morgan fingerprint density at radius 3 is 2.72 bits per heavy atom. The van der Waals surface area contributed by atoms with E-state index in [0.717, 1.165) is 42.8 Å². The molecule has 1 fully saturated rings. The van der Waals surface area contributed by atoms with Crippen molar-refractivity contribution in [3.05, 3.63) is 60.6 Å². The van der Waals surface area contributed by atoms with Gasteiger partial charge < -0.3 is 10.2 Å². The number of anilines is 1. The van der Waals surface area contributed by atoms with Gasteiger partial charge in [0.2, 0.25) is 5.91 Å². The van der Waals surface area contributed by atoms with Crippen LogP contribution in [0.25, 0.3) is 5.65 Å². The normalized spacial score (nSPS) is 15.4. The molecule has 0 atom stereocenters. The summed E-state index contributed by atoms with van der Waals surface area (Å²) < 4.78 is 1.76. The van der Waals surface area contributed by atoms with Crippen molar-refractivity contribution < 1.29 is 4.79 Å². The minimum atomic E-state index is 0.212. The Hall–Kier alpha value is -2.89. The van der Waals surface area contributed by atoms with Crippen molar-refractivity contribution in [3.63, 3.8) is 0 Å². The molecule has 0 aliphatic carbocycles. The smallest absolute Gasteiger partial charge is 0.226 e. The number of hydrogen-bond donors (Lipinski definition) is 1. The molecule has 6 nitrogen and oxygen atoms in total. The summed E-state index contributed by atoms with van der Waals surface area (Å²) in [5, 5.41) is 7.72. The number of likely N-dealkylation sites (tertiary alicyclic amines) is 1. The number of pyridine rings is 1. The van der Waals surface area contributed by atoms with Crippen LogP contribution < -0.4 is 5.32 Å². The highest BCUT2D eigenvalue weighted by atomic mass is 16.2. The number of benzene rings is 1. The maximum Gasteiger partial charge on any atom is 0.226 e. The lowest BCUT2D eigenvalue weighted by Crippen LogP contribution is -2.43. The molecule has 0 saturated carbocycles. The Morgan fingerprint density at radius 2 is 1.92 bits per heavy atom. The molecule has 3 heterocycles. The molecule has 0 spiro atoms. The third-order valence-corrected chi connectivity index (χ3v) is 4.71. The van der Waals surface area contributed by atoms with Gasteiger partial charge in [-0.25, -0.2) is 9.50 Å². The number of carbonyl (C=O) groups is 1. The monoisotopic (exact) mass is 335 g/mol. The highest BCUT2D eigenvalue weighted by Gasteiger charge is 2.23. The molecular formula is C19H21N5O. The molecule has 1 N–H and O–H groups in total. The molecule has 1 saturated heterocycles. The van der Waals surface area contributed by atoms with Crippen LogP contribution in [0.1, 0.15) is 18.4 Å². The summed E-state index contributed by atoms with van der Waals surface area (Å²) >= 11 is 0. The Morgan fingerprint density at radius 1 is 1.12 bits per heavy atom. The second-order valence-electron chi connectivity index (χ2n) is 6.41. The van der Waals surface area contributed by atoms with Crippen molar-refractivity contribution in [1.29, 1.82) is 0 Å². The maximum absolute atomic E-state index is 12.5. The molecule has 4 rings (SSSR count). The van der Waals surface area contributed by atoms with Crippen LogP contribution in [0.3, 0.4) is 0 Å². The van der Waals surface area contributed by atoms with E-state index in [1.165, 1.54) is 0 Å². The van der Waals surface area contributed by atoms with E-state index in [-0.39, 0.29) is 5.91 Å². The Balaban J connectivity index is 1.34. The topological polar surface area (TPSA) is 62.5 Å². The van der Waals surface area contributed by atoms with E-state index in [1.54, 1.807) is 10.8 Å². The summed E-state index contributed by atoms with van der Waals surface area (Å²) in [7, 11) is 0. The van der Waals surface area contributed by atoms with Crippen molar-refractivity contribution in [2.24, 2.45) is 0 Å². The molecule has 25 heavy (non-hydrogen) atoms. The van der Waals surface area contributed by atoms with Gasteiger partial charge in [0, 0.05) is 25.3 Å². The van der Waals surface area contributed by atoms with Gasteiger partial charge in [-0.05, 0) is 30.5 Å². The molecule has 0 radical (unpaired) electrons. The first-order valence-electron chi connectivity index (χ1n) is 8.66. The second kappa shape index (κ2) is 6.93. The van der Waals surface area contributed by atoms with Gasteiger partial charge in [0.1, 0.15) is 6.33 Å². The molecule has 6 heteroatoms. The Bertz CT molecular complexity index is 852. The Kier molecular flexibility index (Phi) is 4.33. The van der Waals surface area contributed by atoms with Crippen molar-refractivity contribution in [1.82, 2.24) is 19.5 Å². The van der Waals surface area contributed by atoms with Crippen LogP contribution >= 0.6 is 0 Å². The predicted molar refractivity (Wildman–Crippen MR) is 96.4 cm³/mol. The van der Waals surface area contributed by atoms with E-state index in [9.17, 15) is 4.79 Å². The van der Waals surface area contributed by atoms with Gasteiger partial charge >= 0.3 is 0 Å². The van der Waals surface area contributed by atoms with E-state index < -0.39 is 0 Å². The lowest BCUT2D eigenvalue weighted by molar-refractivity contribution is -0.131. The second-order valence-corrected chi connectivity index (χ2v) is 6.41. The molecule has 3 aromatic rings. The van der Waals surface area contributed by atoms with Gasteiger partial charge in [-0.15, -0.1) is 0 Å². The fourth-order valence-electron chi connectivity index (χ4n) is 3.34. The first-order valence-corrected chi connectivity index (χ1v) is 8.66.